The fourth-order valence-corrected chi connectivity index (χ4v) is 2.64. The zero-order chi connectivity index (χ0) is 14.4. The van der Waals surface area contributed by atoms with Crippen molar-refractivity contribution < 1.29 is 4.79 Å². The SMILES string of the molecule is N#CC1=CCC(N(Cc2ccccc2)C(=O)CCl)CC1. The lowest BCUT2D eigenvalue weighted by atomic mass is 9.94. The Labute approximate surface area is 124 Å². The quantitative estimate of drug-likeness (QED) is 0.798. The molecule has 0 aliphatic heterocycles. The third-order valence-corrected chi connectivity index (χ3v) is 3.83. The number of alkyl halides is 1. The lowest BCUT2D eigenvalue weighted by molar-refractivity contribution is -0.131. The van der Waals surface area contributed by atoms with E-state index >= 15 is 0 Å². The molecule has 3 nitrogen and oxygen atoms in total. The zero-order valence-corrected chi connectivity index (χ0v) is 12.0. The number of rotatable bonds is 4. The third-order valence-electron chi connectivity index (χ3n) is 3.60. The molecular weight excluding hydrogens is 272 g/mol. The van der Waals surface area contributed by atoms with E-state index < -0.39 is 0 Å². The second-order valence-electron chi connectivity index (χ2n) is 4.91. The van der Waals surface area contributed by atoms with Gasteiger partial charge in [-0.2, -0.15) is 5.26 Å². The Bertz CT molecular complexity index is 533. The lowest BCUT2D eigenvalue weighted by Crippen LogP contribution is -2.41. The number of nitriles is 1. The van der Waals surface area contributed by atoms with Gasteiger partial charge in [-0.05, 0) is 24.8 Å². The zero-order valence-electron chi connectivity index (χ0n) is 11.3. The van der Waals surface area contributed by atoms with Crippen molar-refractivity contribution in [3.05, 3.63) is 47.5 Å². The molecule has 4 heteroatoms. The minimum Gasteiger partial charge on any atom is -0.334 e. The Morgan fingerprint density at radius 1 is 1.40 bits per heavy atom. The average molecular weight is 289 g/mol. The summed E-state index contributed by atoms with van der Waals surface area (Å²) in [7, 11) is 0. The van der Waals surface area contributed by atoms with Crippen LogP contribution in [0.4, 0.5) is 0 Å². The molecule has 1 atom stereocenters. The molecule has 1 unspecified atom stereocenters. The summed E-state index contributed by atoms with van der Waals surface area (Å²) in [5.74, 6) is -0.0487. The van der Waals surface area contributed by atoms with Gasteiger partial charge < -0.3 is 4.90 Å². The smallest absolute Gasteiger partial charge is 0.238 e. The highest BCUT2D eigenvalue weighted by atomic mass is 35.5. The molecule has 20 heavy (non-hydrogen) atoms. The van der Waals surface area contributed by atoms with Gasteiger partial charge >= 0.3 is 0 Å². The summed E-state index contributed by atoms with van der Waals surface area (Å²) < 4.78 is 0. The minimum atomic E-state index is -0.0469. The maximum Gasteiger partial charge on any atom is 0.238 e. The number of nitrogens with zero attached hydrogens (tertiary/aromatic N) is 2. The van der Waals surface area contributed by atoms with Gasteiger partial charge in [0.25, 0.3) is 0 Å². The van der Waals surface area contributed by atoms with Gasteiger partial charge in [-0.3, -0.25) is 4.79 Å². The van der Waals surface area contributed by atoms with Crippen LogP contribution in [0.5, 0.6) is 0 Å². The fraction of sp³-hybridized carbons (Fsp3) is 0.375. The molecule has 1 aliphatic carbocycles. The van der Waals surface area contributed by atoms with Crippen LogP contribution in [0.2, 0.25) is 0 Å². The van der Waals surface area contributed by atoms with Crippen LogP contribution in [0.15, 0.2) is 42.0 Å². The van der Waals surface area contributed by atoms with Crippen molar-refractivity contribution in [2.75, 3.05) is 5.88 Å². The summed E-state index contributed by atoms with van der Waals surface area (Å²) >= 11 is 5.73. The van der Waals surface area contributed by atoms with Gasteiger partial charge in [0.2, 0.25) is 5.91 Å². The topological polar surface area (TPSA) is 44.1 Å². The van der Waals surface area contributed by atoms with Crippen LogP contribution in [0.3, 0.4) is 0 Å². The Hall–Kier alpha value is -1.79. The number of carbonyl (C=O) groups is 1. The van der Waals surface area contributed by atoms with Crippen molar-refractivity contribution in [1.82, 2.24) is 4.90 Å². The Morgan fingerprint density at radius 3 is 2.70 bits per heavy atom. The van der Waals surface area contributed by atoms with Crippen molar-refractivity contribution in [2.45, 2.75) is 31.8 Å². The van der Waals surface area contributed by atoms with E-state index in [1.807, 2.05) is 41.3 Å². The largest absolute Gasteiger partial charge is 0.334 e. The summed E-state index contributed by atoms with van der Waals surface area (Å²) in [6.07, 6.45) is 4.24. The molecule has 1 aromatic rings. The first-order valence-electron chi connectivity index (χ1n) is 6.73. The van der Waals surface area contributed by atoms with Crippen molar-refractivity contribution in [3.63, 3.8) is 0 Å². The van der Waals surface area contributed by atoms with E-state index in [0.29, 0.717) is 6.54 Å². The number of hydrogen-bond donors (Lipinski definition) is 0. The molecular formula is C16H17ClN2O. The normalized spacial score (nSPS) is 18.0. The van der Waals surface area contributed by atoms with Gasteiger partial charge in [0.05, 0.1) is 6.07 Å². The molecule has 0 bridgehead atoms. The summed E-state index contributed by atoms with van der Waals surface area (Å²) in [5.41, 5.74) is 1.92. The number of allylic oxidation sites excluding steroid dienone is 1. The highest BCUT2D eigenvalue weighted by Gasteiger charge is 2.25. The van der Waals surface area contributed by atoms with Gasteiger partial charge in [-0.25, -0.2) is 0 Å². The summed E-state index contributed by atoms with van der Waals surface area (Å²) in [6, 6.07) is 12.2. The van der Waals surface area contributed by atoms with Gasteiger partial charge in [0.15, 0.2) is 0 Å². The number of carbonyl (C=O) groups excluding carboxylic acids is 1. The minimum absolute atomic E-state index is 0.00183. The van der Waals surface area contributed by atoms with Crippen LogP contribution in [-0.4, -0.2) is 22.7 Å². The molecule has 0 N–H and O–H groups in total. The predicted molar refractivity (Wildman–Crippen MR) is 79.0 cm³/mol. The monoisotopic (exact) mass is 288 g/mol. The molecule has 1 amide bonds. The second-order valence-corrected chi connectivity index (χ2v) is 5.18. The molecule has 1 aromatic carbocycles. The Kier molecular flexibility index (Phi) is 5.20. The Morgan fingerprint density at radius 2 is 2.15 bits per heavy atom. The van der Waals surface area contributed by atoms with E-state index in [1.54, 1.807) is 0 Å². The molecule has 104 valence electrons. The molecule has 0 spiro atoms. The number of halogens is 1. The van der Waals surface area contributed by atoms with Crippen molar-refractivity contribution in [2.24, 2.45) is 0 Å². The van der Waals surface area contributed by atoms with Crippen LogP contribution in [0.1, 0.15) is 24.8 Å². The maximum absolute atomic E-state index is 12.1. The van der Waals surface area contributed by atoms with Crippen molar-refractivity contribution in [1.29, 1.82) is 5.26 Å². The average Bonchev–Trinajstić information content (AvgIpc) is 2.53. The first-order chi connectivity index (χ1) is 9.74. The highest BCUT2D eigenvalue weighted by Crippen LogP contribution is 2.24. The number of benzene rings is 1. The molecule has 0 heterocycles. The molecule has 0 aromatic heterocycles. The van der Waals surface area contributed by atoms with Crippen LogP contribution < -0.4 is 0 Å². The van der Waals surface area contributed by atoms with Crippen LogP contribution in [0, 0.1) is 11.3 Å². The first kappa shape index (κ1) is 14.6. The summed E-state index contributed by atoms with van der Waals surface area (Å²) in [4.78, 5) is 13.9. The van der Waals surface area contributed by atoms with Gasteiger partial charge in [-0.1, -0.05) is 36.4 Å². The van der Waals surface area contributed by atoms with Gasteiger partial charge in [0.1, 0.15) is 5.88 Å². The highest BCUT2D eigenvalue weighted by molar-refractivity contribution is 6.27. The maximum atomic E-state index is 12.1. The van der Waals surface area contributed by atoms with E-state index in [1.165, 1.54) is 0 Å². The second kappa shape index (κ2) is 7.12. The lowest BCUT2D eigenvalue weighted by Gasteiger charge is -2.33. The summed E-state index contributed by atoms with van der Waals surface area (Å²) in [6.45, 7) is 0.576. The van der Waals surface area contributed by atoms with E-state index in [4.69, 9.17) is 16.9 Å². The van der Waals surface area contributed by atoms with Crippen molar-refractivity contribution in [3.8, 4) is 6.07 Å². The summed E-state index contributed by atoms with van der Waals surface area (Å²) in [5, 5.41) is 8.89. The fourth-order valence-electron chi connectivity index (χ4n) is 2.48. The van der Waals surface area contributed by atoms with Crippen LogP contribution in [0.25, 0.3) is 0 Å². The molecule has 1 aliphatic rings. The molecule has 0 saturated heterocycles. The number of hydrogen-bond acceptors (Lipinski definition) is 2. The molecule has 0 radical (unpaired) electrons. The standard InChI is InChI=1S/C16H17ClN2O/c17-10-16(20)19(12-14-4-2-1-3-5-14)15-8-6-13(11-18)7-9-15/h1-6,15H,7-10,12H2. The molecule has 2 rings (SSSR count). The van der Waals surface area contributed by atoms with E-state index in [0.717, 1.165) is 30.4 Å². The first-order valence-corrected chi connectivity index (χ1v) is 7.26. The van der Waals surface area contributed by atoms with Crippen molar-refractivity contribution >= 4 is 17.5 Å². The van der Waals surface area contributed by atoms with Gasteiger partial charge in [-0.15, -0.1) is 11.6 Å². The van der Waals surface area contributed by atoms with E-state index in [2.05, 4.69) is 6.07 Å². The predicted octanol–water partition coefficient (Wildman–Crippen LogP) is 3.26. The Balaban J connectivity index is 2.11. The van der Waals surface area contributed by atoms with E-state index in [-0.39, 0.29) is 17.8 Å². The molecule has 0 fully saturated rings. The van der Waals surface area contributed by atoms with Gasteiger partial charge in [0, 0.05) is 18.2 Å². The number of amides is 1. The molecule has 0 saturated carbocycles. The van der Waals surface area contributed by atoms with Crippen LogP contribution >= 0.6 is 11.6 Å². The third kappa shape index (κ3) is 3.61. The van der Waals surface area contributed by atoms with E-state index in [9.17, 15) is 4.79 Å². The van der Waals surface area contributed by atoms with Crippen LogP contribution in [-0.2, 0) is 11.3 Å².